The summed E-state index contributed by atoms with van der Waals surface area (Å²) in [7, 11) is 1.72. The lowest BCUT2D eigenvalue weighted by molar-refractivity contribution is 0.0784. The number of anilines is 1. The molecule has 3 N–H and O–H groups in total. The van der Waals surface area contributed by atoms with Crippen LogP contribution in [-0.4, -0.2) is 27.8 Å². The molecule has 0 aliphatic carbocycles. The number of nitrogens with one attached hydrogen (secondary N) is 1. The van der Waals surface area contributed by atoms with E-state index < -0.39 is 0 Å². The molecule has 1 amide bonds. The van der Waals surface area contributed by atoms with Gasteiger partial charge in [0.2, 0.25) is 0 Å². The normalized spacial score (nSPS) is 10.0. The molecule has 6 heteroatoms. The lowest BCUT2D eigenvalue weighted by atomic mass is 10.2. The molecule has 0 spiro atoms. The van der Waals surface area contributed by atoms with Crippen molar-refractivity contribution in [2.24, 2.45) is 5.84 Å². The van der Waals surface area contributed by atoms with Crippen molar-refractivity contribution in [1.82, 2.24) is 14.9 Å². The summed E-state index contributed by atoms with van der Waals surface area (Å²) >= 11 is 0. The minimum atomic E-state index is -0.138. The third-order valence-electron chi connectivity index (χ3n) is 2.68. The maximum atomic E-state index is 12.3. The molecule has 0 bridgehead atoms. The number of rotatable bonds is 4. The first kappa shape index (κ1) is 13.0. The number of carbonyl (C=O) groups excluding carboxylic acids is 1. The van der Waals surface area contributed by atoms with E-state index >= 15 is 0 Å². The van der Waals surface area contributed by atoms with Crippen LogP contribution in [0, 0.1) is 0 Å². The molecule has 0 saturated carbocycles. The second-order valence-electron chi connectivity index (χ2n) is 4.05. The van der Waals surface area contributed by atoms with Gasteiger partial charge in [0, 0.05) is 19.4 Å². The first-order valence-electron chi connectivity index (χ1n) is 5.78. The third-order valence-corrected chi connectivity index (χ3v) is 2.68. The lowest BCUT2D eigenvalue weighted by Gasteiger charge is -2.18. The molecule has 0 radical (unpaired) electrons. The molecular weight excluding hydrogens is 242 g/mol. The first-order valence-corrected chi connectivity index (χ1v) is 5.78. The number of nitrogen functional groups attached to an aromatic ring is 1. The van der Waals surface area contributed by atoms with Crippen LogP contribution in [0.1, 0.15) is 16.1 Å². The van der Waals surface area contributed by atoms with Crippen molar-refractivity contribution in [3.8, 4) is 0 Å². The summed E-state index contributed by atoms with van der Waals surface area (Å²) in [6, 6.07) is 7.23. The van der Waals surface area contributed by atoms with Crippen LogP contribution in [0.4, 0.5) is 5.69 Å². The van der Waals surface area contributed by atoms with E-state index in [9.17, 15) is 4.79 Å². The van der Waals surface area contributed by atoms with E-state index in [1.807, 2.05) is 18.2 Å². The van der Waals surface area contributed by atoms with Gasteiger partial charge in [-0.3, -0.25) is 20.6 Å². The predicted octanol–water partition coefficient (Wildman–Crippen LogP) is 1.03. The van der Waals surface area contributed by atoms with Crippen LogP contribution in [0.25, 0.3) is 0 Å². The number of nitrogens with zero attached hydrogens (tertiary/aromatic N) is 3. The van der Waals surface area contributed by atoms with Crippen LogP contribution in [0.15, 0.2) is 42.9 Å². The zero-order valence-corrected chi connectivity index (χ0v) is 10.6. The van der Waals surface area contributed by atoms with Crippen LogP contribution in [-0.2, 0) is 6.54 Å². The Morgan fingerprint density at radius 2 is 2.21 bits per heavy atom. The number of amides is 1. The van der Waals surface area contributed by atoms with Gasteiger partial charge in [0.1, 0.15) is 0 Å². The SMILES string of the molecule is CN(Cc1ccccn1)C(=O)c1ccncc1NN. The summed E-state index contributed by atoms with van der Waals surface area (Å²) in [4.78, 5) is 22.0. The van der Waals surface area contributed by atoms with Crippen LogP contribution < -0.4 is 11.3 Å². The summed E-state index contributed by atoms with van der Waals surface area (Å²) in [5, 5.41) is 0. The average Bonchev–Trinajstić information content (AvgIpc) is 2.47. The number of hydrazine groups is 1. The zero-order chi connectivity index (χ0) is 13.7. The van der Waals surface area contributed by atoms with Crippen molar-refractivity contribution in [3.05, 3.63) is 54.1 Å². The van der Waals surface area contributed by atoms with Crippen molar-refractivity contribution in [2.75, 3.05) is 12.5 Å². The number of pyridine rings is 2. The van der Waals surface area contributed by atoms with Crippen molar-refractivity contribution in [1.29, 1.82) is 0 Å². The van der Waals surface area contributed by atoms with Gasteiger partial charge in [-0.25, -0.2) is 0 Å². The van der Waals surface area contributed by atoms with Gasteiger partial charge in [0.25, 0.3) is 5.91 Å². The Hall–Kier alpha value is -2.47. The largest absolute Gasteiger partial charge is 0.336 e. The Kier molecular flexibility index (Phi) is 4.04. The number of carbonyl (C=O) groups is 1. The molecule has 0 atom stereocenters. The summed E-state index contributed by atoms with van der Waals surface area (Å²) < 4.78 is 0. The molecule has 2 rings (SSSR count). The summed E-state index contributed by atoms with van der Waals surface area (Å²) in [5.41, 5.74) is 4.28. The number of hydrogen-bond donors (Lipinski definition) is 2. The van der Waals surface area contributed by atoms with Crippen molar-refractivity contribution in [2.45, 2.75) is 6.54 Å². The van der Waals surface area contributed by atoms with Crippen molar-refractivity contribution >= 4 is 11.6 Å². The van der Waals surface area contributed by atoms with E-state index in [-0.39, 0.29) is 5.91 Å². The second-order valence-corrected chi connectivity index (χ2v) is 4.05. The topological polar surface area (TPSA) is 84.1 Å². The average molecular weight is 257 g/mol. The lowest BCUT2D eigenvalue weighted by Crippen LogP contribution is -2.28. The Labute approximate surface area is 111 Å². The highest BCUT2D eigenvalue weighted by molar-refractivity contribution is 5.99. The molecule has 19 heavy (non-hydrogen) atoms. The van der Waals surface area contributed by atoms with E-state index in [1.165, 1.54) is 6.20 Å². The van der Waals surface area contributed by atoms with E-state index in [4.69, 9.17) is 5.84 Å². The molecule has 0 unspecified atom stereocenters. The van der Waals surface area contributed by atoms with Gasteiger partial charge in [-0.15, -0.1) is 0 Å². The first-order chi connectivity index (χ1) is 9.22. The van der Waals surface area contributed by atoms with Gasteiger partial charge in [-0.1, -0.05) is 6.07 Å². The van der Waals surface area contributed by atoms with Gasteiger partial charge in [0.05, 0.1) is 29.7 Å². The molecule has 0 fully saturated rings. The minimum Gasteiger partial charge on any atom is -0.336 e. The molecular formula is C13H15N5O. The van der Waals surface area contributed by atoms with Crippen molar-refractivity contribution in [3.63, 3.8) is 0 Å². The Balaban J connectivity index is 2.15. The van der Waals surface area contributed by atoms with Gasteiger partial charge in [0.15, 0.2) is 0 Å². The predicted molar refractivity (Wildman–Crippen MR) is 72.1 cm³/mol. The van der Waals surface area contributed by atoms with Gasteiger partial charge in [-0.05, 0) is 18.2 Å². The highest BCUT2D eigenvalue weighted by Crippen LogP contribution is 2.14. The summed E-state index contributed by atoms with van der Waals surface area (Å²) in [5.74, 6) is 5.23. The molecule has 0 aromatic carbocycles. The van der Waals surface area contributed by atoms with Crippen LogP contribution in [0.3, 0.4) is 0 Å². The third kappa shape index (κ3) is 3.05. The minimum absolute atomic E-state index is 0.138. The van der Waals surface area contributed by atoms with Crippen LogP contribution in [0.2, 0.25) is 0 Å². The molecule has 0 aliphatic heterocycles. The smallest absolute Gasteiger partial charge is 0.256 e. The number of hydrogen-bond acceptors (Lipinski definition) is 5. The van der Waals surface area contributed by atoms with E-state index in [2.05, 4.69) is 15.4 Å². The quantitative estimate of drug-likeness (QED) is 0.631. The zero-order valence-electron chi connectivity index (χ0n) is 10.6. The Morgan fingerprint density at radius 3 is 2.89 bits per heavy atom. The summed E-state index contributed by atoms with van der Waals surface area (Å²) in [6.07, 6.45) is 4.78. The fourth-order valence-electron chi connectivity index (χ4n) is 1.71. The second kappa shape index (κ2) is 5.92. The molecule has 2 heterocycles. The van der Waals surface area contributed by atoms with E-state index in [0.29, 0.717) is 17.8 Å². The van der Waals surface area contributed by atoms with Crippen LogP contribution >= 0.6 is 0 Å². The molecule has 2 aromatic heterocycles. The molecule has 6 nitrogen and oxygen atoms in total. The van der Waals surface area contributed by atoms with Gasteiger partial charge >= 0.3 is 0 Å². The van der Waals surface area contributed by atoms with Gasteiger partial charge < -0.3 is 10.3 Å². The van der Waals surface area contributed by atoms with Gasteiger partial charge in [-0.2, -0.15) is 0 Å². The molecule has 0 saturated heterocycles. The Bertz CT molecular complexity index is 558. The molecule has 2 aromatic rings. The number of nitrogens with two attached hydrogens (primary N) is 1. The molecule has 98 valence electrons. The monoisotopic (exact) mass is 257 g/mol. The maximum Gasteiger partial charge on any atom is 0.256 e. The van der Waals surface area contributed by atoms with Crippen molar-refractivity contribution < 1.29 is 4.79 Å². The van der Waals surface area contributed by atoms with E-state index in [0.717, 1.165) is 5.69 Å². The molecule has 0 aliphatic rings. The standard InChI is InChI=1S/C13H15N5O/c1-18(9-10-4-2-3-6-16-10)13(19)11-5-7-15-8-12(11)17-14/h2-8,17H,9,14H2,1H3. The van der Waals surface area contributed by atoms with Crippen LogP contribution in [0.5, 0.6) is 0 Å². The fourth-order valence-corrected chi connectivity index (χ4v) is 1.71. The highest BCUT2D eigenvalue weighted by Gasteiger charge is 2.15. The van der Waals surface area contributed by atoms with E-state index in [1.54, 1.807) is 30.4 Å². The maximum absolute atomic E-state index is 12.3. The summed E-state index contributed by atoms with van der Waals surface area (Å²) in [6.45, 7) is 0.437. The number of aromatic nitrogens is 2. The fraction of sp³-hybridized carbons (Fsp3) is 0.154. The Morgan fingerprint density at radius 1 is 1.37 bits per heavy atom. The highest BCUT2D eigenvalue weighted by atomic mass is 16.2.